The fourth-order valence-corrected chi connectivity index (χ4v) is 2.38. The first kappa shape index (κ1) is 18.2. The molecular weight excluding hydrogens is 403 g/mol. The summed E-state index contributed by atoms with van der Waals surface area (Å²) in [5.74, 6) is -1.31. The quantitative estimate of drug-likeness (QED) is 0.768. The first-order valence-electron chi connectivity index (χ1n) is 6.80. The SMILES string of the molecule is CC(=O)Nc1ccc(NC(=O)COc2ccc(Br)cc2F)cc1Cl. The lowest BCUT2D eigenvalue weighted by Crippen LogP contribution is -2.20. The van der Waals surface area contributed by atoms with Crippen LogP contribution in [0.25, 0.3) is 0 Å². The molecule has 0 unspecified atom stereocenters. The van der Waals surface area contributed by atoms with Gasteiger partial charge in [0.1, 0.15) is 0 Å². The maximum Gasteiger partial charge on any atom is 0.262 e. The molecule has 126 valence electrons. The molecule has 0 spiro atoms. The van der Waals surface area contributed by atoms with E-state index in [2.05, 4.69) is 26.6 Å². The van der Waals surface area contributed by atoms with E-state index in [4.69, 9.17) is 16.3 Å². The number of carbonyl (C=O) groups is 2. The molecule has 2 N–H and O–H groups in total. The van der Waals surface area contributed by atoms with Crippen LogP contribution >= 0.6 is 27.5 Å². The second-order valence-electron chi connectivity index (χ2n) is 4.79. The first-order valence-corrected chi connectivity index (χ1v) is 7.97. The summed E-state index contributed by atoms with van der Waals surface area (Å²) in [6.45, 7) is 1.01. The first-order chi connectivity index (χ1) is 11.3. The van der Waals surface area contributed by atoms with E-state index in [0.29, 0.717) is 15.8 Å². The Kier molecular flexibility index (Phi) is 6.16. The van der Waals surface area contributed by atoms with Crippen LogP contribution in [0.3, 0.4) is 0 Å². The van der Waals surface area contributed by atoms with Gasteiger partial charge in [0, 0.05) is 17.1 Å². The van der Waals surface area contributed by atoms with E-state index >= 15 is 0 Å². The van der Waals surface area contributed by atoms with Gasteiger partial charge in [-0.05, 0) is 36.4 Å². The van der Waals surface area contributed by atoms with Crippen LogP contribution in [0.4, 0.5) is 15.8 Å². The molecule has 5 nitrogen and oxygen atoms in total. The number of ether oxygens (including phenoxy) is 1. The Bertz CT molecular complexity index is 786. The Morgan fingerprint density at radius 2 is 1.96 bits per heavy atom. The fourth-order valence-electron chi connectivity index (χ4n) is 1.82. The molecule has 0 saturated heterocycles. The van der Waals surface area contributed by atoms with Crippen LogP contribution < -0.4 is 15.4 Å². The van der Waals surface area contributed by atoms with E-state index in [-0.39, 0.29) is 23.3 Å². The van der Waals surface area contributed by atoms with E-state index in [1.807, 2.05) is 0 Å². The number of benzene rings is 2. The number of halogens is 3. The van der Waals surface area contributed by atoms with Gasteiger partial charge in [-0.2, -0.15) is 0 Å². The minimum absolute atomic E-state index is 0.0209. The molecule has 0 aliphatic heterocycles. The van der Waals surface area contributed by atoms with E-state index in [1.165, 1.54) is 25.1 Å². The summed E-state index contributed by atoms with van der Waals surface area (Å²) >= 11 is 9.15. The normalized spacial score (nSPS) is 10.2. The number of amides is 2. The van der Waals surface area contributed by atoms with Gasteiger partial charge in [0.25, 0.3) is 5.91 Å². The zero-order chi connectivity index (χ0) is 17.7. The predicted octanol–water partition coefficient (Wildman–Crippen LogP) is 4.22. The molecule has 2 amide bonds. The molecule has 0 saturated carbocycles. The standard InChI is InChI=1S/C16H13BrClFN2O3/c1-9(22)20-14-4-3-11(7-12(14)18)21-16(23)8-24-15-5-2-10(17)6-13(15)19/h2-7H,8H2,1H3,(H,20,22)(H,21,23). The molecule has 0 aliphatic rings. The van der Waals surface area contributed by atoms with Crippen molar-refractivity contribution in [2.24, 2.45) is 0 Å². The summed E-state index contributed by atoms with van der Waals surface area (Å²) in [4.78, 5) is 22.9. The lowest BCUT2D eigenvalue weighted by atomic mass is 10.2. The van der Waals surface area contributed by atoms with Crippen molar-refractivity contribution in [1.29, 1.82) is 0 Å². The highest BCUT2D eigenvalue weighted by molar-refractivity contribution is 9.10. The van der Waals surface area contributed by atoms with Crippen LogP contribution in [0.2, 0.25) is 5.02 Å². The zero-order valence-electron chi connectivity index (χ0n) is 12.5. The Labute approximate surface area is 151 Å². The van der Waals surface area contributed by atoms with Crippen LogP contribution in [0, 0.1) is 5.82 Å². The average Bonchev–Trinajstić information content (AvgIpc) is 2.49. The molecule has 0 heterocycles. The van der Waals surface area contributed by atoms with Gasteiger partial charge in [-0.25, -0.2) is 4.39 Å². The maximum absolute atomic E-state index is 13.6. The van der Waals surface area contributed by atoms with Gasteiger partial charge < -0.3 is 15.4 Å². The smallest absolute Gasteiger partial charge is 0.262 e. The summed E-state index contributed by atoms with van der Waals surface area (Å²) in [7, 11) is 0. The molecule has 2 aromatic carbocycles. The van der Waals surface area contributed by atoms with E-state index in [0.717, 1.165) is 0 Å². The molecular formula is C16H13BrClFN2O3. The minimum Gasteiger partial charge on any atom is -0.481 e. The van der Waals surface area contributed by atoms with Gasteiger partial charge in [0.05, 0.1) is 10.7 Å². The van der Waals surface area contributed by atoms with Crippen LogP contribution in [0.1, 0.15) is 6.92 Å². The maximum atomic E-state index is 13.6. The third-order valence-electron chi connectivity index (χ3n) is 2.82. The van der Waals surface area contributed by atoms with Crippen LogP contribution in [-0.4, -0.2) is 18.4 Å². The monoisotopic (exact) mass is 414 g/mol. The molecule has 0 bridgehead atoms. The highest BCUT2D eigenvalue weighted by Crippen LogP contribution is 2.25. The number of nitrogens with one attached hydrogen (secondary N) is 2. The molecule has 2 aromatic rings. The van der Waals surface area contributed by atoms with Gasteiger partial charge in [-0.15, -0.1) is 0 Å². The predicted molar refractivity (Wildman–Crippen MR) is 94.0 cm³/mol. The zero-order valence-corrected chi connectivity index (χ0v) is 14.9. The van der Waals surface area contributed by atoms with Crippen molar-refractivity contribution >= 4 is 50.7 Å². The van der Waals surface area contributed by atoms with Gasteiger partial charge in [0.15, 0.2) is 18.2 Å². The van der Waals surface area contributed by atoms with Crippen molar-refractivity contribution in [3.63, 3.8) is 0 Å². The Morgan fingerprint density at radius 3 is 2.58 bits per heavy atom. The van der Waals surface area contributed by atoms with Crippen molar-refractivity contribution in [3.05, 3.63) is 51.7 Å². The second kappa shape index (κ2) is 8.12. The van der Waals surface area contributed by atoms with Crippen molar-refractivity contribution in [2.75, 3.05) is 17.2 Å². The summed E-state index contributed by atoms with van der Waals surface area (Å²) in [6, 6.07) is 8.91. The average molecular weight is 416 g/mol. The summed E-state index contributed by atoms with van der Waals surface area (Å²) < 4.78 is 19.3. The molecule has 0 radical (unpaired) electrons. The van der Waals surface area contributed by atoms with Crippen molar-refractivity contribution in [1.82, 2.24) is 0 Å². The van der Waals surface area contributed by atoms with Crippen LogP contribution in [0.5, 0.6) is 5.75 Å². The molecule has 24 heavy (non-hydrogen) atoms. The van der Waals surface area contributed by atoms with Gasteiger partial charge in [-0.3, -0.25) is 9.59 Å². The van der Waals surface area contributed by atoms with E-state index in [1.54, 1.807) is 18.2 Å². The highest BCUT2D eigenvalue weighted by Gasteiger charge is 2.09. The van der Waals surface area contributed by atoms with Crippen molar-refractivity contribution in [2.45, 2.75) is 6.92 Å². The third-order valence-corrected chi connectivity index (χ3v) is 3.62. The van der Waals surface area contributed by atoms with Crippen molar-refractivity contribution in [3.8, 4) is 5.75 Å². The Morgan fingerprint density at radius 1 is 1.21 bits per heavy atom. The van der Waals surface area contributed by atoms with Crippen LogP contribution in [-0.2, 0) is 9.59 Å². The van der Waals surface area contributed by atoms with Crippen molar-refractivity contribution < 1.29 is 18.7 Å². The molecule has 0 atom stereocenters. The molecule has 0 aromatic heterocycles. The number of hydrogen-bond donors (Lipinski definition) is 2. The molecule has 0 fully saturated rings. The number of hydrogen-bond acceptors (Lipinski definition) is 3. The van der Waals surface area contributed by atoms with E-state index in [9.17, 15) is 14.0 Å². The third kappa shape index (κ3) is 5.21. The fraction of sp³-hybridized carbons (Fsp3) is 0.125. The summed E-state index contributed by atoms with van der Waals surface area (Å²) in [6.07, 6.45) is 0. The van der Waals surface area contributed by atoms with E-state index < -0.39 is 11.7 Å². The van der Waals surface area contributed by atoms with Gasteiger partial charge in [0.2, 0.25) is 5.91 Å². The molecule has 2 rings (SSSR count). The van der Waals surface area contributed by atoms with Gasteiger partial charge >= 0.3 is 0 Å². The van der Waals surface area contributed by atoms with Gasteiger partial charge in [-0.1, -0.05) is 27.5 Å². The molecule has 8 heteroatoms. The summed E-state index contributed by atoms with van der Waals surface area (Å²) in [5.41, 5.74) is 0.870. The van der Waals surface area contributed by atoms with Crippen LogP contribution in [0.15, 0.2) is 40.9 Å². The lowest BCUT2D eigenvalue weighted by molar-refractivity contribution is -0.118. The Hall–Kier alpha value is -2.12. The number of rotatable bonds is 5. The largest absolute Gasteiger partial charge is 0.481 e. The number of carbonyl (C=O) groups excluding carboxylic acids is 2. The lowest BCUT2D eigenvalue weighted by Gasteiger charge is -2.10. The minimum atomic E-state index is -0.570. The Balaban J connectivity index is 1.94. The second-order valence-corrected chi connectivity index (χ2v) is 6.11. The summed E-state index contributed by atoms with van der Waals surface area (Å²) in [5, 5.41) is 5.41. The highest BCUT2D eigenvalue weighted by atomic mass is 79.9. The topological polar surface area (TPSA) is 67.4 Å². The number of anilines is 2. The molecule has 0 aliphatic carbocycles.